The molecular weight excluding hydrogens is 375 g/mol. The standard InChI is InChI=1S/C19H18ClFN2O4/c1-11(18(25)13-4-8-15(21)9-5-13)27-17(24)10-16(23-19(22)26)12-2-6-14(20)7-3-12/h2-9,11,16H,10H2,1H3,(H3,22,23,26)/t11-,16-/m1/s1. The van der Waals surface area contributed by atoms with Gasteiger partial charge in [-0.05, 0) is 48.9 Å². The lowest BCUT2D eigenvalue weighted by molar-refractivity contribution is -0.146. The van der Waals surface area contributed by atoms with E-state index in [1.807, 2.05) is 0 Å². The van der Waals surface area contributed by atoms with E-state index in [1.165, 1.54) is 19.1 Å². The van der Waals surface area contributed by atoms with Crippen molar-refractivity contribution in [2.24, 2.45) is 5.73 Å². The van der Waals surface area contributed by atoms with Gasteiger partial charge in [-0.2, -0.15) is 0 Å². The van der Waals surface area contributed by atoms with Gasteiger partial charge in [-0.25, -0.2) is 9.18 Å². The first kappa shape index (κ1) is 20.4. The zero-order valence-corrected chi connectivity index (χ0v) is 15.2. The molecule has 2 atom stereocenters. The van der Waals surface area contributed by atoms with Crippen molar-refractivity contribution in [2.75, 3.05) is 0 Å². The lowest BCUT2D eigenvalue weighted by Gasteiger charge is -2.19. The molecule has 2 aromatic carbocycles. The molecule has 3 N–H and O–H groups in total. The summed E-state index contributed by atoms with van der Waals surface area (Å²) in [5.41, 5.74) is 5.99. The quantitative estimate of drug-likeness (QED) is 0.557. The van der Waals surface area contributed by atoms with Gasteiger partial charge in [0.25, 0.3) is 0 Å². The third-order valence-corrected chi connectivity index (χ3v) is 4.02. The Hall–Kier alpha value is -2.93. The summed E-state index contributed by atoms with van der Waals surface area (Å²) in [5, 5.41) is 2.95. The van der Waals surface area contributed by atoms with E-state index >= 15 is 0 Å². The van der Waals surface area contributed by atoms with Crippen molar-refractivity contribution >= 4 is 29.4 Å². The molecule has 0 fully saturated rings. The number of amides is 2. The van der Waals surface area contributed by atoms with Crippen molar-refractivity contribution in [3.05, 3.63) is 70.5 Å². The van der Waals surface area contributed by atoms with Crippen LogP contribution in [0.3, 0.4) is 0 Å². The maximum atomic E-state index is 12.9. The van der Waals surface area contributed by atoms with Crippen molar-refractivity contribution in [3.63, 3.8) is 0 Å². The lowest BCUT2D eigenvalue weighted by atomic mass is 10.0. The first-order valence-corrected chi connectivity index (χ1v) is 8.44. The van der Waals surface area contributed by atoms with E-state index in [0.29, 0.717) is 10.6 Å². The van der Waals surface area contributed by atoms with Crippen LogP contribution in [0.25, 0.3) is 0 Å². The zero-order chi connectivity index (χ0) is 20.0. The van der Waals surface area contributed by atoms with Crippen LogP contribution in [-0.2, 0) is 9.53 Å². The molecule has 8 heteroatoms. The second-order valence-corrected chi connectivity index (χ2v) is 6.26. The first-order valence-electron chi connectivity index (χ1n) is 8.07. The summed E-state index contributed by atoms with van der Waals surface area (Å²) >= 11 is 5.83. The number of rotatable bonds is 7. The number of carbonyl (C=O) groups is 3. The third-order valence-electron chi connectivity index (χ3n) is 3.77. The average Bonchev–Trinajstić information content (AvgIpc) is 2.61. The molecule has 0 heterocycles. The Bertz CT molecular complexity index is 825. The van der Waals surface area contributed by atoms with Gasteiger partial charge in [-0.3, -0.25) is 9.59 Å². The van der Waals surface area contributed by atoms with Crippen LogP contribution in [0, 0.1) is 5.82 Å². The summed E-state index contributed by atoms with van der Waals surface area (Å²) in [4.78, 5) is 35.7. The molecular formula is C19H18ClFN2O4. The summed E-state index contributed by atoms with van der Waals surface area (Å²) in [7, 11) is 0. The molecule has 0 aliphatic heterocycles. The van der Waals surface area contributed by atoms with Crippen molar-refractivity contribution in [3.8, 4) is 0 Å². The zero-order valence-electron chi connectivity index (χ0n) is 14.4. The van der Waals surface area contributed by atoms with Crippen LogP contribution >= 0.6 is 11.6 Å². The number of primary amides is 1. The SMILES string of the molecule is C[C@@H](OC(=O)C[C@@H](NC(N)=O)c1ccc(Cl)cc1)C(=O)c1ccc(F)cc1. The Morgan fingerprint density at radius 1 is 1.11 bits per heavy atom. The summed E-state index contributed by atoms with van der Waals surface area (Å²) in [6.07, 6.45) is -1.30. The first-order chi connectivity index (χ1) is 12.8. The number of carbonyl (C=O) groups excluding carboxylic acids is 3. The predicted molar refractivity (Wildman–Crippen MR) is 97.8 cm³/mol. The number of urea groups is 1. The van der Waals surface area contributed by atoms with Crippen molar-refractivity contribution < 1.29 is 23.5 Å². The normalized spacial score (nSPS) is 12.7. The Labute approximate surface area is 160 Å². The van der Waals surface area contributed by atoms with E-state index in [1.54, 1.807) is 24.3 Å². The second kappa shape index (κ2) is 9.14. The van der Waals surface area contributed by atoms with Gasteiger partial charge in [0.05, 0.1) is 12.5 Å². The van der Waals surface area contributed by atoms with Crippen LogP contribution in [0.15, 0.2) is 48.5 Å². The van der Waals surface area contributed by atoms with Crippen molar-refractivity contribution in [2.45, 2.75) is 25.5 Å². The highest BCUT2D eigenvalue weighted by Crippen LogP contribution is 2.20. The smallest absolute Gasteiger partial charge is 0.312 e. The van der Waals surface area contributed by atoms with Gasteiger partial charge in [0, 0.05) is 10.6 Å². The number of nitrogens with two attached hydrogens (primary N) is 1. The fraction of sp³-hybridized carbons (Fsp3) is 0.211. The number of ether oxygens (including phenoxy) is 1. The minimum atomic E-state index is -1.07. The molecule has 6 nitrogen and oxygen atoms in total. The van der Waals surface area contributed by atoms with Gasteiger partial charge in [-0.1, -0.05) is 23.7 Å². The Balaban J connectivity index is 2.03. The molecule has 0 radical (unpaired) electrons. The van der Waals surface area contributed by atoms with Crippen molar-refractivity contribution in [1.29, 1.82) is 0 Å². The minimum absolute atomic E-state index is 0.223. The number of nitrogens with one attached hydrogen (secondary N) is 1. The monoisotopic (exact) mass is 392 g/mol. The molecule has 0 spiro atoms. The molecule has 0 unspecified atom stereocenters. The molecule has 2 amide bonds. The van der Waals surface area contributed by atoms with E-state index in [2.05, 4.69) is 5.32 Å². The van der Waals surface area contributed by atoms with Crippen LogP contribution in [0.1, 0.15) is 35.3 Å². The number of hydrogen-bond donors (Lipinski definition) is 2. The molecule has 27 heavy (non-hydrogen) atoms. The Morgan fingerprint density at radius 3 is 2.26 bits per heavy atom. The van der Waals surface area contributed by atoms with Crippen LogP contribution in [0.2, 0.25) is 5.02 Å². The van der Waals surface area contributed by atoms with E-state index in [-0.39, 0.29) is 12.0 Å². The molecule has 0 bridgehead atoms. The lowest BCUT2D eigenvalue weighted by Crippen LogP contribution is -2.35. The number of hydrogen-bond acceptors (Lipinski definition) is 4. The van der Waals surface area contributed by atoms with Gasteiger partial charge >= 0.3 is 12.0 Å². The molecule has 0 aliphatic carbocycles. The summed E-state index contributed by atoms with van der Waals surface area (Å²) in [5.74, 6) is -1.64. The second-order valence-electron chi connectivity index (χ2n) is 5.82. The molecule has 0 saturated carbocycles. The Morgan fingerprint density at radius 2 is 1.70 bits per heavy atom. The number of benzene rings is 2. The fourth-order valence-electron chi connectivity index (χ4n) is 2.43. The van der Waals surface area contributed by atoms with Crippen LogP contribution < -0.4 is 11.1 Å². The highest BCUT2D eigenvalue weighted by Gasteiger charge is 2.23. The van der Waals surface area contributed by atoms with Gasteiger partial charge in [0.15, 0.2) is 6.10 Å². The van der Waals surface area contributed by atoms with Crippen molar-refractivity contribution in [1.82, 2.24) is 5.32 Å². The van der Waals surface area contributed by atoms with Gasteiger partial charge in [0.2, 0.25) is 5.78 Å². The molecule has 2 rings (SSSR count). The highest BCUT2D eigenvalue weighted by atomic mass is 35.5. The number of Topliss-reactive ketones (excluding diaryl/α,β-unsaturated/α-hetero) is 1. The number of esters is 1. The number of halogens is 2. The Kier molecular flexibility index (Phi) is 6.90. The highest BCUT2D eigenvalue weighted by molar-refractivity contribution is 6.30. The molecule has 0 saturated heterocycles. The summed E-state index contributed by atoms with van der Waals surface area (Å²) in [6.45, 7) is 1.42. The molecule has 2 aromatic rings. The maximum absolute atomic E-state index is 12.9. The molecule has 142 valence electrons. The van der Waals surface area contributed by atoms with Gasteiger partial charge < -0.3 is 15.8 Å². The summed E-state index contributed by atoms with van der Waals surface area (Å²) < 4.78 is 18.1. The van der Waals surface area contributed by atoms with E-state index in [9.17, 15) is 18.8 Å². The van der Waals surface area contributed by atoms with E-state index in [4.69, 9.17) is 22.1 Å². The predicted octanol–water partition coefficient (Wildman–Crippen LogP) is 3.39. The van der Waals surface area contributed by atoms with Gasteiger partial charge in [-0.15, -0.1) is 0 Å². The van der Waals surface area contributed by atoms with E-state index in [0.717, 1.165) is 12.1 Å². The van der Waals surface area contributed by atoms with Crippen LogP contribution in [-0.4, -0.2) is 23.9 Å². The van der Waals surface area contributed by atoms with Gasteiger partial charge in [0.1, 0.15) is 5.82 Å². The molecule has 0 aliphatic rings. The maximum Gasteiger partial charge on any atom is 0.312 e. The third kappa shape index (κ3) is 6.07. The van der Waals surface area contributed by atoms with E-state index < -0.39 is 35.7 Å². The van der Waals surface area contributed by atoms with Crippen LogP contribution in [0.4, 0.5) is 9.18 Å². The fourth-order valence-corrected chi connectivity index (χ4v) is 2.56. The average molecular weight is 393 g/mol. The largest absolute Gasteiger partial charge is 0.454 e. The van der Waals surface area contributed by atoms with Crippen LogP contribution in [0.5, 0.6) is 0 Å². The molecule has 0 aromatic heterocycles. The number of ketones is 1. The minimum Gasteiger partial charge on any atom is -0.454 e. The summed E-state index contributed by atoms with van der Waals surface area (Å²) in [6, 6.07) is 9.88. The topological polar surface area (TPSA) is 98.5 Å².